The number of hydrogen-bond donors (Lipinski definition) is 2. The van der Waals surface area contributed by atoms with Crippen molar-refractivity contribution < 1.29 is 4.92 Å². The van der Waals surface area contributed by atoms with Crippen LogP contribution in [0.5, 0.6) is 0 Å². The first-order chi connectivity index (χ1) is 8.66. The topological polar surface area (TPSA) is 120 Å². The molecule has 2 aromatic heterocycles. The van der Waals surface area contributed by atoms with Gasteiger partial charge in [0.05, 0.1) is 17.2 Å². The normalized spacial score (nSPS) is 10.0. The zero-order chi connectivity index (χ0) is 13.0. The standard InChI is InChI=1S/C10H10N6O2/c11-9-4-3-8(16(17)18)10(14-9)12-6-7-2-1-5-13-15-7/h1-5H,6H2,(H3,11,12,14). The fourth-order valence-electron chi connectivity index (χ4n) is 1.35. The minimum absolute atomic E-state index is 0.116. The van der Waals surface area contributed by atoms with E-state index in [0.29, 0.717) is 5.69 Å². The summed E-state index contributed by atoms with van der Waals surface area (Å²) in [4.78, 5) is 14.2. The van der Waals surface area contributed by atoms with Gasteiger partial charge in [0.15, 0.2) is 0 Å². The van der Waals surface area contributed by atoms with E-state index in [9.17, 15) is 10.1 Å². The highest BCUT2D eigenvalue weighted by Gasteiger charge is 2.15. The lowest BCUT2D eigenvalue weighted by molar-refractivity contribution is -0.384. The quantitative estimate of drug-likeness (QED) is 0.609. The van der Waals surface area contributed by atoms with E-state index in [1.165, 1.54) is 12.1 Å². The summed E-state index contributed by atoms with van der Waals surface area (Å²) in [5, 5.41) is 21.2. The van der Waals surface area contributed by atoms with Gasteiger partial charge in [-0.25, -0.2) is 4.98 Å². The number of nitrogens with zero attached hydrogens (tertiary/aromatic N) is 4. The van der Waals surface area contributed by atoms with Crippen molar-refractivity contribution in [3.63, 3.8) is 0 Å². The zero-order valence-electron chi connectivity index (χ0n) is 9.28. The maximum Gasteiger partial charge on any atom is 0.311 e. The van der Waals surface area contributed by atoms with Gasteiger partial charge in [-0.1, -0.05) is 0 Å². The number of anilines is 2. The Bertz CT molecular complexity index is 560. The van der Waals surface area contributed by atoms with Crippen molar-refractivity contribution in [1.82, 2.24) is 15.2 Å². The number of nitro groups is 1. The largest absolute Gasteiger partial charge is 0.384 e. The van der Waals surface area contributed by atoms with Crippen LogP contribution >= 0.6 is 0 Å². The molecule has 0 radical (unpaired) electrons. The van der Waals surface area contributed by atoms with Gasteiger partial charge in [0.25, 0.3) is 0 Å². The van der Waals surface area contributed by atoms with Gasteiger partial charge in [0.1, 0.15) is 5.82 Å². The molecule has 0 aromatic carbocycles. The number of rotatable bonds is 4. The van der Waals surface area contributed by atoms with E-state index in [0.717, 1.165) is 0 Å². The molecule has 2 rings (SSSR count). The first kappa shape index (κ1) is 11.7. The molecule has 92 valence electrons. The SMILES string of the molecule is Nc1ccc([N+](=O)[O-])c(NCc2cccnn2)n1. The van der Waals surface area contributed by atoms with Crippen LogP contribution in [0, 0.1) is 10.1 Å². The van der Waals surface area contributed by atoms with E-state index in [1.807, 2.05) is 0 Å². The third-order valence-corrected chi connectivity index (χ3v) is 2.16. The van der Waals surface area contributed by atoms with Crippen LogP contribution in [0.15, 0.2) is 30.5 Å². The molecule has 0 unspecified atom stereocenters. The second-order valence-corrected chi connectivity index (χ2v) is 3.43. The summed E-state index contributed by atoms with van der Waals surface area (Å²) in [5.41, 5.74) is 6.01. The summed E-state index contributed by atoms with van der Waals surface area (Å²) in [7, 11) is 0. The van der Waals surface area contributed by atoms with Crippen LogP contribution < -0.4 is 11.1 Å². The molecule has 0 amide bonds. The molecule has 0 saturated carbocycles. The summed E-state index contributed by atoms with van der Waals surface area (Å²) in [5.74, 6) is 0.327. The van der Waals surface area contributed by atoms with Crippen LogP contribution in [0.4, 0.5) is 17.3 Å². The van der Waals surface area contributed by atoms with Crippen LogP contribution in [0.25, 0.3) is 0 Å². The predicted octanol–water partition coefficient (Wildman–Crippen LogP) is 0.974. The maximum absolute atomic E-state index is 10.8. The molecule has 0 saturated heterocycles. The van der Waals surface area contributed by atoms with E-state index in [-0.39, 0.29) is 23.9 Å². The third kappa shape index (κ3) is 2.67. The van der Waals surface area contributed by atoms with E-state index in [4.69, 9.17) is 5.73 Å². The number of hydrogen-bond acceptors (Lipinski definition) is 7. The lowest BCUT2D eigenvalue weighted by Crippen LogP contribution is -2.07. The maximum atomic E-state index is 10.8. The molecule has 3 N–H and O–H groups in total. The summed E-state index contributed by atoms with van der Waals surface area (Å²) < 4.78 is 0. The highest BCUT2D eigenvalue weighted by molar-refractivity contribution is 5.59. The monoisotopic (exact) mass is 246 g/mol. The molecular weight excluding hydrogens is 236 g/mol. The van der Waals surface area contributed by atoms with Gasteiger partial charge in [-0.15, -0.1) is 0 Å². The molecular formula is C10H10N6O2. The number of aromatic nitrogens is 3. The Morgan fingerprint density at radius 3 is 2.89 bits per heavy atom. The van der Waals surface area contributed by atoms with Crippen LogP contribution in [0.2, 0.25) is 0 Å². The molecule has 2 heterocycles. The zero-order valence-corrected chi connectivity index (χ0v) is 9.28. The molecule has 0 fully saturated rings. The molecule has 2 aromatic rings. The predicted molar refractivity (Wildman–Crippen MR) is 64.7 cm³/mol. The van der Waals surface area contributed by atoms with Crippen LogP contribution in [-0.2, 0) is 6.54 Å². The van der Waals surface area contributed by atoms with Crippen molar-refractivity contribution in [1.29, 1.82) is 0 Å². The fourth-order valence-corrected chi connectivity index (χ4v) is 1.35. The van der Waals surface area contributed by atoms with Gasteiger partial charge in [-0.3, -0.25) is 10.1 Å². The second-order valence-electron chi connectivity index (χ2n) is 3.43. The number of nitrogen functional groups attached to an aromatic ring is 1. The van der Waals surface area contributed by atoms with Gasteiger partial charge in [-0.05, 0) is 18.2 Å². The first-order valence-corrected chi connectivity index (χ1v) is 5.08. The molecule has 8 heteroatoms. The van der Waals surface area contributed by atoms with Crippen molar-refractivity contribution in [2.75, 3.05) is 11.1 Å². The minimum Gasteiger partial charge on any atom is -0.384 e. The van der Waals surface area contributed by atoms with Crippen LogP contribution in [0.1, 0.15) is 5.69 Å². The lowest BCUT2D eigenvalue weighted by atomic mass is 10.3. The Kier molecular flexibility index (Phi) is 3.28. The summed E-state index contributed by atoms with van der Waals surface area (Å²) in [6.07, 6.45) is 1.55. The van der Waals surface area contributed by atoms with Gasteiger partial charge in [0.2, 0.25) is 5.82 Å². The Balaban J connectivity index is 2.18. The molecule has 0 atom stereocenters. The van der Waals surface area contributed by atoms with E-state index < -0.39 is 4.92 Å². The Hall–Kier alpha value is -2.77. The van der Waals surface area contributed by atoms with Gasteiger partial charge in [-0.2, -0.15) is 10.2 Å². The Morgan fingerprint density at radius 2 is 2.22 bits per heavy atom. The molecule has 0 aliphatic heterocycles. The molecule has 0 bridgehead atoms. The molecule has 0 aliphatic carbocycles. The summed E-state index contributed by atoms with van der Waals surface area (Å²) in [6, 6.07) is 6.16. The third-order valence-electron chi connectivity index (χ3n) is 2.16. The highest BCUT2D eigenvalue weighted by Crippen LogP contribution is 2.23. The summed E-state index contributed by atoms with van der Waals surface area (Å²) >= 11 is 0. The number of nitrogens with two attached hydrogens (primary N) is 1. The lowest BCUT2D eigenvalue weighted by Gasteiger charge is -2.05. The van der Waals surface area contributed by atoms with Crippen LogP contribution in [0.3, 0.4) is 0 Å². The van der Waals surface area contributed by atoms with Gasteiger partial charge < -0.3 is 11.1 Å². The van der Waals surface area contributed by atoms with E-state index in [2.05, 4.69) is 20.5 Å². The average Bonchev–Trinajstić information content (AvgIpc) is 2.37. The van der Waals surface area contributed by atoms with Crippen LogP contribution in [-0.4, -0.2) is 20.1 Å². The summed E-state index contributed by atoms with van der Waals surface area (Å²) in [6.45, 7) is 0.283. The molecule has 8 nitrogen and oxygen atoms in total. The first-order valence-electron chi connectivity index (χ1n) is 5.08. The van der Waals surface area contributed by atoms with Crippen molar-refractivity contribution >= 4 is 17.3 Å². The fraction of sp³-hybridized carbons (Fsp3) is 0.100. The number of pyridine rings is 1. The second kappa shape index (κ2) is 5.04. The molecule has 0 spiro atoms. The molecule has 0 aliphatic rings. The Morgan fingerprint density at radius 1 is 1.39 bits per heavy atom. The van der Waals surface area contributed by atoms with Gasteiger partial charge >= 0.3 is 5.69 Å². The number of nitrogens with one attached hydrogen (secondary N) is 1. The highest BCUT2D eigenvalue weighted by atomic mass is 16.6. The smallest absolute Gasteiger partial charge is 0.311 e. The van der Waals surface area contributed by atoms with Crippen molar-refractivity contribution in [3.8, 4) is 0 Å². The van der Waals surface area contributed by atoms with Gasteiger partial charge in [0, 0.05) is 12.3 Å². The van der Waals surface area contributed by atoms with E-state index in [1.54, 1.807) is 18.3 Å². The molecule has 18 heavy (non-hydrogen) atoms. The Labute approximate surface area is 102 Å². The van der Waals surface area contributed by atoms with Crippen molar-refractivity contribution in [3.05, 3.63) is 46.3 Å². The van der Waals surface area contributed by atoms with Crippen molar-refractivity contribution in [2.45, 2.75) is 6.54 Å². The average molecular weight is 246 g/mol. The van der Waals surface area contributed by atoms with Crippen molar-refractivity contribution in [2.24, 2.45) is 0 Å². The van der Waals surface area contributed by atoms with E-state index >= 15 is 0 Å². The minimum atomic E-state index is -0.522.